The summed E-state index contributed by atoms with van der Waals surface area (Å²) in [5.41, 5.74) is 12.2. The number of H-pyrrole nitrogens is 1. The van der Waals surface area contributed by atoms with E-state index in [1.54, 1.807) is 6.33 Å². The first-order valence-corrected chi connectivity index (χ1v) is 15.0. The summed E-state index contributed by atoms with van der Waals surface area (Å²) in [4.78, 5) is 20.0. The van der Waals surface area contributed by atoms with Crippen molar-refractivity contribution in [1.82, 2.24) is 34.6 Å². The van der Waals surface area contributed by atoms with E-state index >= 15 is 0 Å². The Kier molecular flexibility index (Phi) is 6.34. The molecule has 9 nitrogen and oxygen atoms in total. The van der Waals surface area contributed by atoms with Gasteiger partial charge in [0.15, 0.2) is 5.65 Å². The fourth-order valence-corrected chi connectivity index (χ4v) is 6.90. The van der Waals surface area contributed by atoms with E-state index in [1.165, 1.54) is 16.3 Å². The maximum atomic E-state index is 6.46. The Morgan fingerprint density at radius 1 is 0.881 bits per heavy atom. The number of hydrogen-bond donors (Lipinski definition) is 2. The topological polar surface area (TPSA) is 111 Å². The Balaban J connectivity index is 1.09. The van der Waals surface area contributed by atoms with Crippen LogP contribution in [0.3, 0.4) is 0 Å². The lowest BCUT2D eigenvalue weighted by atomic mass is 9.90. The van der Waals surface area contributed by atoms with Crippen LogP contribution in [0.4, 0.5) is 5.82 Å². The van der Waals surface area contributed by atoms with Crippen LogP contribution in [0, 0.1) is 0 Å². The number of benzene rings is 3. The number of nitrogens with one attached hydrogen (secondary N) is 1. The molecule has 1 saturated carbocycles. The molecule has 6 aromatic rings. The third kappa shape index (κ3) is 4.59. The monoisotopic (exact) mass is 558 g/mol. The van der Waals surface area contributed by atoms with Gasteiger partial charge in [-0.1, -0.05) is 48.5 Å². The minimum absolute atomic E-state index is 0.289. The minimum atomic E-state index is 0.289. The Morgan fingerprint density at radius 2 is 1.69 bits per heavy atom. The maximum absolute atomic E-state index is 6.46. The quantitative estimate of drug-likeness (QED) is 0.287. The summed E-state index contributed by atoms with van der Waals surface area (Å²) in [5, 5.41) is 8.47. The van der Waals surface area contributed by atoms with Gasteiger partial charge >= 0.3 is 0 Å². The summed E-state index contributed by atoms with van der Waals surface area (Å²) < 4.78 is 7.68. The highest BCUT2D eigenvalue weighted by Gasteiger charge is 2.30. The highest BCUT2D eigenvalue weighted by Crippen LogP contribution is 2.37. The van der Waals surface area contributed by atoms with Crippen molar-refractivity contribution in [3.63, 3.8) is 0 Å². The fraction of sp³-hybridized carbons (Fsp3) is 0.333. The molecule has 0 bridgehead atoms. The molecule has 42 heavy (non-hydrogen) atoms. The van der Waals surface area contributed by atoms with E-state index < -0.39 is 0 Å². The SMILES string of the molecule is Nc1ncnc2c1c(-c1ccc3nc(Cc4ccc5ccccc5c4)[nH]c3c1)nn2[C@H]1CC[C@H](N2CCOCC2)CC1. The van der Waals surface area contributed by atoms with Crippen molar-refractivity contribution in [2.45, 2.75) is 44.2 Å². The number of rotatable bonds is 5. The van der Waals surface area contributed by atoms with Crippen LogP contribution in [0.1, 0.15) is 43.1 Å². The van der Waals surface area contributed by atoms with Crippen LogP contribution >= 0.6 is 0 Å². The van der Waals surface area contributed by atoms with Crippen LogP contribution in [-0.4, -0.2) is 67.0 Å². The molecule has 1 aliphatic heterocycles. The summed E-state index contributed by atoms with van der Waals surface area (Å²) in [7, 11) is 0. The van der Waals surface area contributed by atoms with Gasteiger partial charge in [-0.15, -0.1) is 0 Å². The van der Waals surface area contributed by atoms with Gasteiger partial charge in [-0.3, -0.25) is 4.90 Å². The number of nitrogens with zero attached hydrogens (tertiary/aromatic N) is 6. The second kappa shape index (κ2) is 10.5. The largest absolute Gasteiger partial charge is 0.383 e. The molecule has 2 fully saturated rings. The molecule has 0 amide bonds. The molecule has 2 aliphatic rings. The number of morpholine rings is 1. The molecule has 212 valence electrons. The van der Waals surface area contributed by atoms with E-state index in [0.717, 1.165) is 97.6 Å². The zero-order valence-corrected chi connectivity index (χ0v) is 23.5. The third-order valence-electron chi connectivity index (χ3n) is 9.08. The Bertz CT molecular complexity index is 1900. The number of nitrogens with two attached hydrogens (primary N) is 1. The summed E-state index contributed by atoms with van der Waals surface area (Å²) >= 11 is 0. The summed E-state index contributed by atoms with van der Waals surface area (Å²) in [6.07, 6.45) is 6.74. The van der Waals surface area contributed by atoms with Crippen LogP contribution < -0.4 is 5.73 Å². The van der Waals surface area contributed by atoms with Gasteiger partial charge in [0.1, 0.15) is 23.7 Å². The summed E-state index contributed by atoms with van der Waals surface area (Å²) in [5.74, 6) is 1.40. The number of aromatic amines is 1. The van der Waals surface area contributed by atoms with Crippen molar-refractivity contribution in [1.29, 1.82) is 0 Å². The molecule has 8 rings (SSSR count). The number of hydrogen-bond acceptors (Lipinski definition) is 7. The van der Waals surface area contributed by atoms with Gasteiger partial charge in [0, 0.05) is 31.1 Å². The molecule has 3 aromatic carbocycles. The highest BCUT2D eigenvalue weighted by atomic mass is 16.5. The lowest BCUT2D eigenvalue weighted by Gasteiger charge is -2.38. The average Bonchev–Trinajstić information content (AvgIpc) is 3.63. The van der Waals surface area contributed by atoms with Gasteiger partial charge in [0.25, 0.3) is 0 Å². The fourth-order valence-electron chi connectivity index (χ4n) is 6.90. The highest BCUT2D eigenvalue weighted by molar-refractivity contribution is 5.99. The number of imidazole rings is 1. The number of nitrogen functional groups attached to an aromatic ring is 1. The standard InChI is InChI=1S/C33H34N8O/c34-32-30-31(39-41(33(30)36-20-35-32)26-10-8-25(9-11-26)40-13-15-42-16-14-40)24-7-12-27-28(19-24)38-29(37-27)18-21-5-6-22-3-1-2-4-23(22)17-21/h1-7,12,17,19-20,25-26H,8-11,13-16,18H2,(H,37,38)(H2,34,35,36)/t25-,26-. The first-order valence-electron chi connectivity index (χ1n) is 15.0. The lowest BCUT2D eigenvalue weighted by molar-refractivity contribution is 0.00520. The van der Waals surface area contributed by atoms with E-state index in [9.17, 15) is 0 Å². The zero-order valence-electron chi connectivity index (χ0n) is 23.5. The smallest absolute Gasteiger partial charge is 0.164 e. The molecule has 0 unspecified atom stereocenters. The molecule has 0 atom stereocenters. The Labute approximate surface area is 243 Å². The van der Waals surface area contributed by atoms with Gasteiger partial charge in [-0.05, 0) is 54.2 Å². The van der Waals surface area contributed by atoms with E-state index in [4.69, 9.17) is 20.6 Å². The van der Waals surface area contributed by atoms with E-state index in [0.29, 0.717) is 11.9 Å². The van der Waals surface area contributed by atoms with Gasteiger partial charge in [-0.25, -0.2) is 19.6 Å². The normalized spacial score (nSPS) is 20.1. The molecule has 4 heterocycles. The Morgan fingerprint density at radius 3 is 2.55 bits per heavy atom. The second-order valence-corrected chi connectivity index (χ2v) is 11.6. The molecule has 0 spiro atoms. The van der Waals surface area contributed by atoms with Crippen LogP contribution in [0.15, 0.2) is 67.0 Å². The molecule has 1 aliphatic carbocycles. The van der Waals surface area contributed by atoms with E-state index in [-0.39, 0.29) is 6.04 Å². The predicted molar refractivity (Wildman–Crippen MR) is 165 cm³/mol. The first kappa shape index (κ1) is 25.4. The number of ether oxygens (including phenoxy) is 1. The molecule has 0 radical (unpaired) electrons. The molecular weight excluding hydrogens is 524 g/mol. The molecule has 3 aromatic heterocycles. The predicted octanol–water partition coefficient (Wildman–Crippen LogP) is 5.51. The van der Waals surface area contributed by atoms with Gasteiger partial charge in [0.05, 0.1) is 35.7 Å². The first-order chi connectivity index (χ1) is 20.7. The van der Waals surface area contributed by atoms with Crippen molar-refractivity contribution in [2.75, 3.05) is 32.0 Å². The molecule has 3 N–H and O–H groups in total. The Hall–Kier alpha value is -4.34. The van der Waals surface area contributed by atoms with Crippen molar-refractivity contribution in [3.8, 4) is 11.3 Å². The van der Waals surface area contributed by atoms with Crippen molar-refractivity contribution < 1.29 is 4.74 Å². The third-order valence-corrected chi connectivity index (χ3v) is 9.08. The van der Waals surface area contributed by atoms with Crippen LogP contribution in [0.5, 0.6) is 0 Å². The molecule has 1 saturated heterocycles. The second-order valence-electron chi connectivity index (χ2n) is 11.6. The van der Waals surface area contributed by atoms with Crippen molar-refractivity contribution in [3.05, 3.63) is 78.4 Å². The van der Waals surface area contributed by atoms with Gasteiger partial charge in [-0.2, -0.15) is 5.10 Å². The lowest BCUT2D eigenvalue weighted by Crippen LogP contribution is -2.45. The van der Waals surface area contributed by atoms with E-state index in [2.05, 4.69) is 85.2 Å². The number of aromatic nitrogens is 6. The van der Waals surface area contributed by atoms with Crippen LogP contribution in [0.2, 0.25) is 0 Å². The van der Waals surface area contributed by atoms with Crippen LogP contribution in [-0.2, 0) is 11.2 Å². The van der Waals surface area contributed by atoms with Crippen molar-refractivity contribution in [2.24, 2.45) is 0 Å². The van der Waals surface area contributed by atoms with Crippen LogP contribution in [0.25, 0.3) is 44.1 Å². The molecule has 9 heteroatoms. The average molecular weight is 559 g/mol. The minimum Gasteiger partial charge on any atom is -0.383 e. The number of fused-ring (bicyclic) bond motifs is 3. The zero-order chi connectivity index (χ0) is 28.0. The van der Waals surface area contributed by atoms with Crippen molar-refractivity contribution >= 4 is 38.7 Å². The van der Waals surface area contributed by atoms with Gasteiger partial charge < -0.3 is 15.5 Å². The molecular formula is C33H34N8O. The van der Waals surface area contributed by atoms with Gasteiger partial charge in [0.2, 0.25) is 0 Å². The summed E-state index contributed by atoms with van der Waals surface area (Å²) in [6.45, 7) is 3.76. The summed E-state index contributed by atoms with van der Waals surface area (Å²) in [6, 6.07) is 22.2. The number of anilines is 1. The maximum Gasteiger partial charge on any atom is 0.164 e. The van der Waals surface area contributed by atoms with E-state index in [1.807, 2.05) is 0 Å².